The van der Waals surface area contributed by atoms with E-state index < -0.39 is 0 Å². The Bertz CT molecular complexity index is 674. The number of aromatic nitrogens is 1. The van der Waals surface area contributed by atoms with Crippen molar-refractivity contribution in [3.8, 4) is 5.88 Å². The van der Waals surface area contributed by atoms with Gasteiger partial charge in [-0.25, -0.2) is 0 Å². The van der Waals surface area contributed by atoms with E-state index in [1.165, 1.54) is 0 Å². The number of hydrogen-bond donors (Lipinski definition) is 2. The fourth-order valence-corrected chi connectivity index (χ4v) is 2.05. The lowest BCUT2D eigenvalue weighted by Crippen LogP contribution is -2.13. The zero-order valence-electron chi connectivity index (χ0n) is 11.8. The number of aromatic hydroxyl groups is 1. The molecule has 0 unspecified atom stereocenters. The van der Waals surface area contributed by atoms with Gasteiger partial charge in [0.1, 0.15) is 0 Å². The van der Waals surface area contributed by atoms with E-state index in [1.54, 1.807) is 18.3 Å². The molecule has 5 nitrogen and oxygen atoms in total. The van der Waals surface area contributed by atoms with Gasteiger partial charge in [0.15, 0.2) is 0 Å². The van der Waals surface area contributed by atoms with Crippen LogP contribution in [-0.2, 0) is 0 Å². The first-order valence-electron chi connectivity index (χ1n) is 6.58. The van der Waals surface area contributed by atoms with Crippen molar-refractivity contribution in [2.75, 3.05) is 27.2 Å². The first-order valence-corrected chi connectivity index (χ1v) is 6.58. The van der Waals surface area contributed by atoms with Crippen LogP contribution in [0.3, 0.4) is 0 Å². The molecule has 0 aliphatic heterocycles. The second-order valence-corrected chi connectivity index (χ2v) is 4.95. The summed E-state index contributed by atoms with van der Waals surface area (Å²) in [6.07, 6.45) is 2.58. The first kappa shape index (κ1) is 14.3. The molecule has 0 aliphatic carbocycles. The van der Waals surface area contributed by atoms with Gasteiger partial charge in [-0.2, -0.15) is 0 Å². The molecule has 0 atom stereocenters. The monoisotopic (exact) mass is 273 g/mol. The van der Waals surface area contributed by atoms with E-state index in [1.807, 2.05) is 26.2 Å². The van der Waals surface area contributed by atoms with Gasteiger partial charge in [-0.1, -0.05) is 18.2 Å². The summed E-state index contributed by atoms with van der Waals surface area (Å²) in [7, 11) is 4.04. The van der Waals surface area contributed by atoms with Crippen molar-refractivity contribution < 1.29 is 5.11 Å². The van der Waals surface area contributed by atoms with Crippen LogP contribution in [0.4, 0.5) is 0 Å². The Morgan fingerprint density at radius 3 is 2.70 bits per heavy atom. The minimum atomic E-state index is -0.289. The van der Waals surface area contributed by atoms with Crippen molar-refractivity contribution in [3.63, 3.8) is 0 Å². The second kappa shape index (κ2) is 6.34. The molecule has 0 bridgehead atoms. The van der Waals surface area contributed by atoms with E-state index in [0.717, 1.165) is 13.0 Å². The molecule has 1 heterocycles. The van der Waals surface area contributed by atoms with Crippen LogP contribution < -0.4 is 5.56 Å². The van der Waals surface area contributed by atoms with E-state index in [2.05, 4.69) is 14.9 Å². The molecule has 0 spiro atoms. The molecule has 0 radical (unpaired) electrons. The molecule has 0 amide bonds. The number of rotatable bonds is 5. The van der Waals surface area contributed by atoms with E-state index in [4.69, 9.17) is 0 Å². The van der Waals surface area contributed by atoms with Gasteiger partial charge < -0.3 is 10.0 Å². The Labute approximate surface area is 117 Å². The van der Waals surface area contributed by atoms with Crippen molar-refractivity contribution in [1.82, 2.24) is 9.88 Å². The van der Waals surface area contributed by atoms with Crippen molar-refractivity contribution in [2.45, 2.75) is 6.42 Å². The number of benzene rings is 1. The molecule has 0 fully saturated rings. The third-order valence-corrected chi connectivity index (χ3v) is 3.06. The normalized spacial score (nSPS) is 11.8. The van der Waals surface area contributed by atoms with Gasteiger partial charge in [0, 0.05) is 23.5 Å². The number of hydrogen-bond acceptors (Lipinski definition) is 4. The standard InChI is InChI=1S/C15H19N3O2/c1-18(2)9-5-8-16-10-13-11-6-3-4-7-12(11)14(19)17-15(13)20/h3-4,6-7,10H,5,8-9H2,1-2H3,(H2,17,19,20). The van der Waals surface area contributed by atoms with Crippen LogP contribution in [0.2, 0.25) is 0 Å². The molecule has 2 N–H and O–H groups in total. The number of aliphatic imine (C=N–C) groups is 1. The fourth-order valence-electron chi connectivity index (χ4n) is 2.05. The quantitative estimate of drug-likeness (QED) is 0.642. The molecular weight excluding hydrogens is 254 g/mol. The summed E-state index contributed by atoms with van der Waals surface area (Å²) < 4.78 is 0. The van der Waals surface area contributed by atoms with Gasteiger partial charge in [-0.15, -0.1) is 0 Å². The topological polar surface area (TPSA) is 68.7 Å². The van der Waals surface area contributed by atoms with Gasteiger partial charge in [0.2, 0.25) is 5.88 Å². The molecule has 0 saturated carbocycles. The Kier molecular flexibility index (Phi) is 4.53. The van der Waals surface area contributed by atoms with Gasteiger partial charge in [-0.3, -0.25) is 14.8 Å². The lowest BCUT2D eigenvalue weighted by Gasteiger charge is -2.07. The zero-order chi connectivity index (χ0) is 14.5. The number of H-pyrrole nitrogens is 1. The SMILES string of the molecule is CN(C)CCCN=Cc1c(O)[nH]c(=O)c2ccccc12. The van der Waals surface area contributed by atoms with E-state index >= 15 is 0 Å². The van der Waals surface area contributed by atoms with Gasteiger partial charge in [0.05, 0.1) is 5.56 Å². The molecule has 2 aromatic rings. The van der Waals surface area contributed by atoms with Crippen LogP contribution in [0.15, 0.2) is 34.1 Å². The minimum Gasteiger partial charge on any atom is -0.494 e. The largest absolute Gasteiger partial charge is 0.494 e. The van der Waals surface area contributed by atoms with Gasteiger partial charge in [0.25, 0.3) is 5.56 Å². The maximum absolute atomic E-state index is 11.7. The highest BCUT2D eigenvalue weighted by Gasteiger charge is 2.08. The fraction of sp³-hybridized carbons (Fsp3) is 0.333. The highest BCUT2D eigenvalue weighted by atomic mass is 16.3. The molecular formula is C15H19N3O2. The third-order valence-electron chi connectivity index (χ3n) is 3.06. The predicted octanol–water partition coefficient (Wildman–Crippen LogP) is 1.60. The Balaban J connectivity index is 2.26. The summed E-state index contributed by atoms with van der Waals surface area (Å²) in [6.45, 7) is 1.65. The summed E-state index contributed by atoms with van der Waals surface area (Å²) in [5.41, 5.74) is 0.271. The molecule has 0 saturated heterocycles. The van der Waals surface area contributed by atoms with Crippen molar-refractivity contribution in [1.29, 1.82) is 0 Å². The van der Waals surface area contributed by atoms with Gasteiger partial charge in [-0.05, 0) is 33.1 Å². The van der Waals surface area contributed by atoms with Crippen LogP contribution in [-0.4, -0.2) is 48.4 Å². The number of fused-ring (bicyclic) bond motifs is 1. The Hall–Kier alpha value is -2.14. The van der Waals surface area contributed by atoms with Crippen molar-refractivity contribution in [2.24, 2.45) is 4.99 Å². The summed E-state index contributed by atoms with van der Waals surface area (Å²) in [5.74, 6) is -0.134. The number of nitrogens with zero attached hydrogens (tertiary/aromatic N) is 2. The lowest BCUT2D eigenvalue weighted by atomic mass is 10.1. The van der Waals surface area contributed by atoms with Gasteiger partial charge >= 0.3 is 0 Å². The number of pyridine rings is 1. The lowest BCUT2D eigenvalue weighted by molar-refractivity contribution is 0.403. The summed E-state index contributed by atoms with van der Waals surface area (Å²) >= 11 is 0. The average Bonchev–Trinajstić information content (AvgIpc) is 2.41. The van der Waals surface area contributed by atoms with E-state index in [-0.39, 0.29) is 11.4 Å². The molecule has 0 aliphatic rings. The molecule has 106 valence electrons. The third kappa shape index (κ3) is 3.24. The average molecular weight is 273 g/mol. The van der Waals surface area contributed by atoms with Crippen LogP contribution in [0.5, 0.6) is 5.88 Å². The highest BCUT2D eigenvalue weighted by molar-refractivity contribution is 6.01. The van der Waals surface area contributed by atoms with Crippen LogP contribution in [0.1, 0.15) is 12.0 Å². The van der Waals surface area contributed by atoms with Crippen molar-refractivity contribution >= 4 is 17.0 Å². The summed E-state index contributed by atoms with van der Waals surface area (Å²) in [5, 5.41) is 11.1. The first-order chi connectivity index (χ1) is 9.59. The summed E-state index contributed by atoms with van der Waals surface area (Å²) in [4.78, 5) is 20.6. The zero-order valence-corrected chi connectivity index (χ0v) is 11.8. The van der Waals surface area contributed by atoms with E-state index in [9.17, 15) is 9.90 Å². The maximum atomic E-state index is 11.7. The maximum Gasteiger partial charge on any atom is 0.258 e. The molecule has 20 heavy (non-hydrogen) atoms. The van der Waals surface area contributed by atoms with Crippen LogP contribution >= 0.6 is 0 Å². The smallest absolute Gasteiger partial charge is 0.258 e. The van der Waals surface area contributed by atoms with Crippen LogP contribution in [0, 0.1) is 0 Å². The number of nitrogens with one attached hydrogen (secondary N) is 1. The second-order valence-electron chi connectivity index (χ2n) is 4.95. The predicted molar refractivity (Wildman–Crippen MR) is 81.9 cm³/mol. The Morgan fingerprint density at radius 1 is 1.30 bits per heavy atom. The van der Waals surface area contributed by atoms with E-state index in [0.29, 0.717) is 22.9 Å². The molecule has 1 aromatic heterocycles. The molecule has 2 rings (SSSR count). The summed E-state index contributed by atoms with van der Waals surface area (Å²) in [6, 6.07) is 7.18. The van der Waals surface area contributed by atoms with Crippen LogP contribution in [0.25, 0.3) is 10.8 Å². The van der Waals surface area contributed by atoms with Crippen molar-refractivity contribution in [3.05, 3.63) is 40.2 Å². The molecule has 1 aromatic carbocycles. The number of aromatic amines is 1. The highest BCUT2D eigenvalue weighted by Crippen LogP contribution is 2.20. The Morgan fingerprint density at radius 2 is 2.00 bits per heavy atom. The minimum absolute atomic E-state index is 0.134. The molecule has 5 heteroatoms.